The molecule has 1 amide bonds. The molecule has 16 heavy (non-hydrogen) atoms. The number of amides is 1. The molecule has 3 rings (SSSR count). The predicted molar refractivity (Wildman–Crippen MR) is 59.2 cm³/mol. The summed E-state index contributed by atoms with van der Waals surface area (Å²) in [4.78, 5) is 25.2. The van der Waals surface area contributed by atoms with Crippen molar-refractivity contribution in [3.63, 3.8) is 0 Å². The molecule has 0 saturated carbocycles. The smallest absolute Gasteiger partial charge is 0.219 e. The molecule has 1 atom stereocenters. The maximum absolute atomic E-state index is 11.8. The Bertz CT molecular complexity index is 493. The highest BCUT2D eigenvalue weighted by Crippen LogP contribution is 2.40. The second-order valence-corrected chi connectivity index (χ2v) is 4.48. The first-order valence-corrected chi connectivity index (χ1v) is 5.60. The summed E-state index contributed by atoms with van der Waals surface area (Å²) in [6, 6.07) is 5.90. The molecule has 0 saturated heterocycles. The van der Waals surface area contributed by atoms with Gasteiger partial charge in [0.2, 0.25) is 5.91 Å². The number of carbonyl (C=O) groups excluding carboxylic acids is 2. The van der Waals surface area contributed by atoms with Crippen molar-refractivity contribution in [1.29, 1.82) is 0 Å². The summed E-state index contributed by atoms with van der Waals surface area (Å²) in [6.45, 7) is 2.32. The van der Waals surface area contributed by atoms with Gasteiger partial charge in [-0.3, -0.25) is 9.59 Å². The average molecular weight is 215 g/mol. The van der Waals surface area contributed by atoms with E-state index >= 15 is 0 Å². The molecule has 1 unspecified atom stereocenters. The van der Waals surface area contributed by atoms with Crippen LogP contribution in [0.4, 0.5) is 0 Å². The van der Waals surface area contributed by atoms with Crippen LogP contribution in [-0.4, -0.2) is 23.1 Å². The first kappa shape index (κ1) is 9.58. The summed E-state index contributed by atoms with van der Waals surface area (Å²) in [5.41, 5.74) is 3.17. The van der Waals surface area contributed by atoms with Crippen molar-refractivity contribution in [2.45, 2.75) is 25.8 Å². The molecule has 1 aliphatic carbocycles. The van der Waals surface area contributed by atoms with Crippen LogP contribution in [0.15, 0.2) is 18.2 Å². The van der Waals surface area contributed by atoms with Crippen LogP contribution in [0.5, 0.6) is 0 Å². The highest BCUT2D eigenvalue weighted by Gasteiger charge is 2.38. The molecular formula is C13H13NO2. The highest BCUT2D eigenvalue weighted by molar-refractivity contribution is 6.02. The number of nitrogens with zero attached hydrogens (tertiary/aromatic N) is 1. The monoisotopic (exact) mass is 215 g/mol. The molecule has 0 fully saturated rings. The number of hydrogen-bond donors (Lipinski definition) is 0. The van der Waals surface area contributed by atoms with Crippen LogP contribution in [-0.2, 0) is 11.2 Å². The van der Waals surface area contributed by atoms with E-state index in [1.807, 2.05) is 17.0 Å². The number of carbonyl (C=O) groups is 2. The Labute approximate surface area is 94.1 Å². The fourth-order valence-electron chi connectivity index (χ4n) is 2.89. The van der Waals surface area contributed by atoms with Crippen LogP contribution in [0.3, 0.4) is 0 Å². The zero-order chi connectivity index (χ0) is 11.3. The van der Waals surface area contributed by atoms with Gasteiger partial charge in [-0.05, 0) is 17.5 Å². The van der Waals surface area contributed by atoms with Crippen molar-refractivity contribution in [2.24, 2.45) is 0 Å². The maximum Gasteiger partial charge on any atom is 0.219 e. The summed E-state index contributed by atoms with van der Waals surface area (Å²) in [7, 11) is 0. The van der Waals surface area contributed by atoms with Crippen molar-refractivity contribution >= 4 is 11.7 Å². The first-order valence-electron chi connectivity index (χ1n) is 5.60. The Morgan fingerprint density at radius 2 is 2.25 bits per heavy atom. The number of hydrogen-bond acceptors (Lipinski definition) is 2. The number of rotatable bonds is 0. The summed E-state index contributed by atoms with van der Waals surface area (Å²) >= 11 is 0. The molecule has 82 valence electrons. The largest absolute Gasteiger partial charge is 0.335 e. The minimum Gasteiger partial charge on any atom is -0.335 e. The molecular weight excluding hydrogens is 202 g/mol. The summed E-state index contributed by atoms with van der Waals surface area (Å²) < 4.78 is 0. The Kier molecular flexibility index (Phi) is 1.90. The average Bonchev–Trinajstić information content (AvgIpc) is 2.59. The fraction of sp³-hybridized carbons (Fsp3) is 0.385. The Morgan fingerprint density at radius 3 is 3.00 bits per heavy atom. The Balaban J connectivity index is 2.16. The van der Waals surface area contributed by atoms with E-state index in [2.05, 4.69) is 6.07 Å². The molecule has 0 spiro atoms. The van der Waals surface area contributed by atoms with Crippen LogP contribution in [0.25, 0.3) is 0 Å². The molecule has 3 nitrogen and oxygen atoms in total. The molecule has 0 bridgehead atoms. The van der Waals surface area contributed by atoms with E-state index in [9.17, 15) is 9.59 Å². The molecule has 1 aromatic carbocycles. The van der Waals surface area contributed by atoms with Gasteiger partial charge in [0.05, 0.1) is 6.04 Å². The zero-order valence-electron chi connectivity index (χ0n) is 9.19. The second kappa shape index (κ2) is 3.17. The van der Waals surface area contributed by atoms with Crippen LogP contribution in [0, 0.1) is 0 Å². The van der Waals surface area contributed by atoms with E-state index < -0.39 is 0 Å². The standard InChI is InChI=1S/C13H13NO2/c1-8(15)14-6-5-9-3-2-4-10-12(16)7-11(14)13(9)10/h2-4,11H,5-7H2,1H3. The lowest BCUT2D eigenvalue weighted by Crippen LogP contribution is -2.37. The van der Waals surface area contributed by atoms with E-state index in [0.29, 0.717) is 6.42 Å². The fourth-order valence-corrected chi connectivity index (χ4v) is 2.89. The maximum atomic E-state index is 11.8. The number of benzene rings is 1. The molecule has 0 radical (unpaired) electrons. The van der Waals surface area contributed by atoms with Crippen molar-refractivity contribution in [3.8, 4) is 0 Å². The van der Waals surface area contributed by atoms with E-state index in [0.717, 1.165) is 24.1 Å². The normalized spacial score (nSPS) is 22.2. The first-order chi connectivity index (χ1) is 7.68. The number of Topliss-reactive ketones (excluding diaryl/α,β-unsaturated/α-hetero) is 1. The molecule has 0 N–H and O–H groups in total. The molecule has 2 aliphatic rings. The third-order valence-corrected chi connectivity index (χ3v) is 3.61. The quantitative estimate of drug-likeness (QED) is 0.660. The van der Waals surface area contributed by atoms with Gasteiger partial charge in [-0.2, -0.15) is 0 Å². The Morgan fingerprint density at radius 1 is 1.44 bits per heavy atom. The van der Waals surface area contributed by atoms with Gasteiger partial charge in [-0.15, -0.1) is 0 Å². The molecule has 1 aromatic rings. The predicted octanol–water partition coefficient (Wildman–Crippen LogP) is 1.72. The van der Waals surface area contributed by atoms with Gasteiger partial charge in [0.1, 0.15) is 0 Å². The third kappa shape index (κ3) is 1.14. The van der Waals surface area contributed by atoms with Gasteiger partial charge >= 0.3 is 0 Å². The zero-order valence-corrected chi connectivity index (χ0v) is 9.19. The van der Waals surface area contributed by atoms with Crippen molar-refractivity contribution in [2.75, 3.05) is 6.54 Å². The van der Waals surface area contributed by atoms with Crippen LogP contribution >= 0.6 is 0 Å². The molecule has 1 aliphatic heterocycles. The second-order valence-electron chi connectivity index (χ2n) is 4.48. The highest BCUT2D eigenvalue weighted by atomic mass is 16.2. The van der Waals surface area contributed by atoms with Gasteiger partial charge < -0.3 is 4.90 Å². The van der Waals surface area contributed by atoms with Crippen LogP contribution < -0.4 is 0 Å². The Hall–Kier alpha value is -1.64. The van der Waals surface area contributed by atoms with E-state index in [1.165, 1.54) is 5.56 Å². The van der Waals surface area contributed by atoms with E-state index in [4.69, 9.17) is 0 Å². The topological polar surface area (TPSA) is 37.4 Å². The summed E-state index contributed by atoms with van der Waals surface area (Å²) in [5.74, 6) is 0.246. The van der Waals surface area contributed by atoms with E-state index in [-0.39, 0.29) is 17.7 Å². The van der Waals surface area contributed by atoms with Crippen molar-refractivity contribution < 1.29 is 9.59 Å². The molecule has 1 heterocycles. The van der Waals surface area contributed by atoms with Gasteiger partial charge in [0.15, 0.2) is 5.78 Å². The lowest BCUT2D eigenvalue weighted by molar-refractivity contribution is -0.131. The van der Waals surface area contributed by atoms with Gasteiger partial charge in [-0.25, -0.2) is 0 Å². The molecule has 0 aromatic heterocycles. The van der Waals surface area contributed by atoms with Crippen LogP contribution in [0.2, 0.25) is 0 Å². The molecule has 3 heteroatoms. The van der Waals surface area contributed by atoms with Crippen molar-refractivity contribution in [1.82, 2.24) is 4.90 Å². The minimum atomic E-state index is 0.00458. The van der Waals surface area contributed by atoms with E-state index in [1.54, 1.807) is 6.92 Å². The lowest BCUT2D eigenvalue weighted by Gasteiger charge is -2.33. The van der Waals surface area contributed by atoms with Crippen molar-refractivity contribution in [3.05, 3.63) is 34.9 Å². The summed E-state index contributed by atoms with van der Waals surface area (Å²) in [5, 5.41) is 0. The van der Waals surface area contributed by atoms with Crippen LogP contribution in [0.1, 0.15) is 40.9 Å². The minimum absolute atomic E-state index is 0.00458. The van der Waals surface area contributed by atoms with Gasteiger partial charge in [-0.1, -0.05) is 18.2 Å². The van der Waals surface area contributed by atoms with Gasteiger partial charge in [0, 0.05) is 25.5 Å². The number of ketones is 1. The summed E-state index contributed by atoms with van der Waals surface area (Å²) in [6.07, 6.45) is 1.33. The van der Waals surface area contributed by atoms with Gasteiger partial charge in [0.25, 0.3) is 0 Å². The third-order valence-electron chi connectivity index (χ3n) is 3.61. The SMILES string of the molecule is CC(=O)N1CCc2cccc3c2C1CC3=O. The lowest BCUT2D eigenvalue weighted by atomic mass is 9.93.